The van der Waals surface area contributed by atoms with Crippen LogP contribution in [-0.2, 0) is 5.41 Å². The Bertz CT molecular complexity index is 1110. The molecule has 0 amide bonds. The fraction of sp³-hybridized carbons (Fsp3) is 0.111. The molecule has 29 heavy (non-hydrogen) atoms. The second-order valence-electron chi connectivity index (χ2n) is 7.88. The van der Waals surface area contributed by atoms with E-state index in [4.69, 9.17) is 0 Å². The highest BCUT2D eigenvalue weighted by Gasteiger charge is 2.35. The van der Waals surface area contributed by atoms with Gasteiger partial charge in [0.15, 0.2) is 0 Å². The van der Waals surface area contributed by atoms with Crippen molar-refractivity contribution in [1.29, 1.82) is 0 Å². The molecule has 0 unspecified atom stereocenters. The lowest BCUT2D eigenvalue weighted by molar-refractivity contribution is 0.607. The second-order valence-corrected chi connectivity index (χ2v) is 8.94. The van der Waals surface area contributed by atoms with Crippen molar-refractivity contribution in [3.63, 3.8) is 0 Å². The molecule has 4 aromatic carbocycles. The Labute approximate surface area is 177 Å². The molecule has 0 radical (unpaired) electrons. The molecule has 2 heteroatoms. The van der Waals surface area contributed by atoms with E-state index in [1.165, 1.54) is 38.0 Å². The standard InChI is InChI=1S/C27H23NS/c1-27(2)22-16-9-10-19-25(22)29-26-23(27)17-11-18-24(26)28(20-12-5-3-6-13-20)21-14-7-4-8-15-21/h3-19H,1-2H3. The average molecular weight is 394 g/mol. The molecule has 0 spiro atoms. The molecule has 0 N–H and O–H groups in total. The maximum absolute atomic E-state index is 2.37. The van der Waals surface area contributed by atoms with Crippen LogP contribution in [0.25, 0.3) is 0 Å². The van der Waals surface area contributed by atoms with Gasteiger partial charge in [-0.3, -0.25) is 0 Å². The van der Waals surface area contributed by atoms with E-state index in [1.54, 1.807) is 0 Å². The van der Waals surface area contributed by atoms with Crippen LogP contribution in [0.2, 0.25) is 0 Å². The lowest BCUT2D eigenvalue weighted by Gasteiger charge is -2.37. The summed E-state index contributed by atoms with van der Waals surface area (Å²) in [6.07, 6.45) is 0. The van der Waals surface area contributed by atoms with Crippen molar-refractivity contribution in [3.05, 3.63) is 114 Å². The molecule has 0 aromatic heterocycles. The first-order chi connectivity index (χ1) is 14.2. The Hall–Kier alpha value is -2.97. The van der Waals surface area contributed by atoms with E-state index in [0.717, 1.165) is 0 Å². The smallest absolute Gasteiger partial charge is 0.0604 e. The van der Waals surface area contributed by atoms with Gasteiger partial charge < -0.3 is 4.90 Å². The van der Waals surface area contributed by atoms with Gasteiger partial charge in [-0.25, -0.2) is 0 Å². The molecule has 4 aromatic rings. The summed E-state index contributed by atoms with van der Waals surface area (Å²) in [5, 5.41) is 0. The molecule has 0 aliphatic carbocycles. The van der Waals surface area contributed by atoms with Crippen LogP contribution in [0.3, 0.4) is 0 Å². The number of anilines is 3. The third-order valence-electron chi connectivity index (χ3n) is 5.71. The van der Waals surface area contributed by atoms with Crippen molar-refractivity contribution in [1.82, 2.24) is 0 Å². The molecule has 0 saturated heterocycles. The first-order valence-corrected chi connectivity index (χ1v) is 10.8. The van der Waals surface area contributed by atoms with Gasteiger partial charge in [0.05, 0.1) is 5.69 Å². The van der Waals surface area contributed by atoms with Gasteiger partial charge in [0.1, 0.15) is 0 Å². The minimum Gasteiger partial charge on any atom is -0.309 e. The van der Waals surface area contributed by atoms with Crippen molar-refractivity contribution in [3.8, 4) is 0 Å². The van der Waals surface area contributed by atoms with Gasteiger partial charge in [-0.1, -0.05) is 92.3 Å². The molecule has 0 atom stereocenters. The summed E-state index contributed by atoms with van der Waals surface area (Å²) in [4.78, 5) is 5.05. The van der Waals surface area contributed by atoms with Gasteiger partial charge in [0.2, 0.25) is 0 Å². The van der Waals surface area contributed by atoms with E-state index in [-0.39, 0.29) is 5.41 Å². The number of hydrogen-bond donors (Lipinski definition) is 0. The largest absolute Gasteiger partial charge is 0.309 e. The summed E-state index contributed by atoms with van der Waals surface area (Å²) in [6.45, 7) is 4.67. The summed E-state index contributed by atoms with van der Waals surface area (Å²) in [5.74, 6) is 0. The first-order valence-electron chi connectivity index (χ1n) is 9.97. The van der Waals surface area contributed by atoms with Crippen LogP contribution in [-0.4, -0.2) is 0 Å². The van der Waals surface area contributed by atoms with Crippen LogP contribution in [0.15, 0.2) is 113 Å². The summed E-state index contributed by atoms with van der Waals surface area (Å²) >= 11 is 1.89. The molecule has 1 nitrogen and oxygen atoms in total. The van der Waals surface area contributed by atoms with Gasteiger partial charge in [0.25, 0.3) is 0 Å². The molecule has 0 fully saturated rings. The maximum atomic E-state index is 2.37. The predicted molar refractivity (Wildman–Crippen MR) is 124 cm³/mol. The highest BCUT2D eigenvalue weighted by atomic mass is 32.2. The minimum absolute atomic E-state index is 0.0355. The zero-order chi connectivity index (χ0) is 19.8. The lowest BCUT2D eigenvalue weighted by atomic mass is 9.77. The molecule has 0 bridgehead atoms. The van der Waals surface area contributed by atoms with Gasteiger partial charge in [-0.2, -0.15) is 0 Å². The van der Waals surface area contributed by atoms with E-state index >= 15 is 0 Å². The fourth-order valence-electron chi connectivity index (χ4n) is 4.21. The maximum Gasteiger partial charge on any atom is 0.0604 e. The van der Waals surface area contributed by atoms with Crippen LogP contribution in [0, 0.1) is 0 Å². The number of fused-ring (bicyclic) bond motifs is 2. The minimum atomic E-state index is -0.0355. The number of para-hydroxylation sites is 2. The normalized spacial score (nSPS) is 14.0. The Morgan fingerprint density at radius 2 is 1.14 bits per heavy atom. The zero-order valence-electron chi connectivity index (χ0n) is 16.7. The summed E-state index contributed by atoms with van der Waals surface area (Å²) in [7, 11) is 0. The average Bonchev–Trinajstić information content (AvgIpc) is 2.76. The van der Waals surface area contributed by atoms with Crippen molar-refractivity contribution < 1.29 is 0 Å². The highest BCUT2D eigenvalue weighted by molar-refractivity contribution is 7.99. The van der Waals surface area contributed by atoms with Crippen LogP contribution in [0.1, 0.15) is 25.0 Å². The topological polar surface area (TPSA) is 3.24 Å². The van der Waals surface area contributed by atoms with Gasteiger partial charge in [-0.15, -0.1) is 0 Å². The van der Waals surface area contributed by atoms with Crippen molar-refractivity contribution in [2.24, 2.45) is 0 Å². The second kappa shape index (κ2) is 7.13. The number of rotatable bonds is 3. The third-order valence-corrected chi connectivity index (χ3v) is 6.92. The Balaban J connectivity index is 1.75. The molecule has 1 aliphatic heterocycles. The molecular formula is C27H23NS. The van der Waals surface area contributed by atoms with E-state index < -0.39 is 0 Å². The van der Waals surface area contributed by atoms with E-state index in [1.807, 2.05) is 11.8 Å². The Kier molecular flexibility index (Phi) is 4.44. The number of benzene rings is 4. The molecule has 5 rings (SSSR count). The molecule has 142 valence electrons. The monoisotopic (exact) mass is 393 g/mol. The predicted octanol–water partition coefficient (Wildman–Crippen LogP) is 7.95. The Morgan fingerprint density at radius 1 is 0.586 bits per heavy atom. The lowest BCUT2D eigenvalue weighted by Crippen LogP contribution is -2.25. The fourth-order valence-corrected chi connectivity index (χ4v) is 5.71. The zero-order valence-corrected chi connectivity index (χ0v) is 17.5. The molecule has 0 saturated carbocycles. The summed E-state index contributed by atoms with van der Waals surface area (Å²) < 4.78 is 0. The number of hydrogen-bond acceptors (Lipinski definition) is 2. The summed E-state index contributed by atoms with van der Waals surface area (Å²) in [6, 6.07) is 36.8. The molecule has 1 aliphatic rings. The highest BCUT2D eigenvalue weighted by Crippen LogP contribution is 2.53. The van der Waals surface area contributed by atoms with Crippen molar-refractivity contribution in [2.75, 3.05) is 4.90 Å². The molecule has 1 heterocycles. The van der Waals surface area contributed by atoms with Gasteiger partial charge >= 0.3 is 0 Å². The van der Waals surface area contributed by atoms with E-state index in [9.17, 15) is 0 Å². The number of nitrogens with zero attached hydrogens (tertiary/aromatic N) is 1. The van der Waals surface area contributed by atoms with E-state index in [0.29, 0.717) is 0 Å². The quantitative estimate of drug-likeness (QED) is 0.347. The van der Waals surface area contributed by atoms with E-state index in [2.05, 4.69) is 122 Å². The van der Waals surface area contributed by atoms with Crippen LogP contribution in [0.5, 0.6) is 0 Å². The third kappa shape index (κ3) is 3.04. The SMILES string of the molecule is CC1(C)c2ccccc2Sc2c(N(c3ccccc3)c3ccccc3)cccc21. The Morgan fingerprint density at radius 3 is 1.79 bits per heavy atom. The van der Waals surface area contributed by atoms with Crippen molar-refractivity contribution >= 4 is 28.8 Å². The first kappa shape index (κ1) is 18.1. The van der Waals surface area contributed by atoms with Crippen LogP contribution >= 0.6 is 11.8 Å². The van der Waals surface area contributed by atoms with Crippen molar-refractivity contribution in [2.45, 2.75) is 29.1 Å². The van der Waals surface area contributed by atoms with Crippen LogP contribution < -0.4 is 4.90 Å². The van der Waals surface area contributed by atoms with Gasteiger partial charge in [-0.05, 0) is 47.5 Å². The van der Waals surface area contributed by atoms with Gasteiger partial charge in [0, 0.05) is 26.6 Å². The molecular weight excluding hydrogens is 370 g/mol. The summed E-state index contributed by atoms with van der Waals surface area (Å²) in [5.41, 5.74) is 6.32. The van der Waals surface area contributed by atoms with Crippen LogP contribution in [0.4, 0.5) is 17.1 Å².